The number of aryl methyl sites for hydroxylation is 2. The van der Waals surface area contributed by atoms with Crippen molar-refractivity contribution in [1.29, 1.82) is 0 Å². The second kappa shape index (κ2) is 7.19. The number of carbonyl (C=O) groups excluding carboxylic acids is 1. The first kappa shape index (κ1) is 17.8. The van der Waals surface area contributed by atoms with Crippen molar-refractivity contribution in [1.82, 2.24) is 19.2 Å². The number of hydrogen-bond donors (Lipinski definition) is 0. The molecule has 1 aromatic heterocycles. The van der Waals surface area contributed by atoms with E-state index in [2.05, 4.69) is 29.1 Å². The van der Waals surface area contributed by atoms with Crippen molar-refractivity contribution < 1.29 is 9.53 Å². The lowest BCUT2D eigenvalue weighted by Gasteiger charge is -2.37. The lowest BCUT2D eigenvalue weighted by atomic mass is 10.1. The number of benzene rings is 1. The van der Waals surface area contributed by atoms with Crippen molar-refractivity contribution >= 4 is 11.6 Å². The number of rotatable bonds is 3. The minimum Gasteiger partial charge on any atom is -0.368 e. The third-order valence-electron chi connectivity index (χ3n) is 5.41. The third kappa shape index (κ3) is 3.37. The van der Waals surface area contributed by atoms with Crippen molar-refractivity contribution in [2.24, 2.45) is 7.05 Å². The number of ether oxygens (including phenoxy) is 1. The fraction of sp³-hybridized carbons (Fsp3) is 0.526. The molecule has 3 heterocycles. The summed E-state index contributed by atoms with van der Waals surface area (Å²) >= 11 is 0. The first-order valence-corrected chi connectivity index (χ1v) is 9.38. The molecule has 1 aromatic carbocycles. The molecule has 0 saturated carbocycles. The molecule has 2 aliphatic rings. The summed E-state index contributed by atoms with van der Waals surface area (Å²) in [6.07, 6.45) is -0.226. The lowest BCUT2D eigenvalue weighted by Crippen LogP contribution is -2.49. The van der Waals surface area contributed by atoms with Crippen LogP contribution in [0, 0.1) is 6.92 Å². The molecule has 1 amide bonds. The van der Waals surface area contributed by atoms with E-state index >= 15 is 0 Å². The molecule has 0 N–H and O–H groups in total. The predicted molar refractivity (Wildman–Crippen MR) is 101 cm³/mol. The van der Waals surface area contributed by atoms with Crippen molar-refractivity contribution in [2.75, 3.05) is 37.7 Å². The molecule has 8 heteroatoms. The standard InChI is InChI=1S/C19H25N5O3/c1-14-5-3-4-6-15(14)22-7-9-23(10-8-22)17(25)13-16-18-20-21(2)19(26)24(18)11-12-27-16/h3-6,16H,7-13H2,1-2H3. The number of hydrogen-bond acceptors (Lipinski definition) is 5. The van der Waals surface area contributed by atoms with Gasteiger partial charge in [-0.3, -0.25) is 9.36 Å². The molecular weight excluding hydrogens is 346 g/mol. The number of nitrogens with zero attached hydrogens (tertiary/aromatic N) is 5. The Balaban J connectivity index is 1.39. The van der Waals surface area contributed by atoms with Crippen LogP contribution in [0.25, 0.3) is 0 Å². The molecule has 8 nitrogen and oxygen atoms in total. The van der Waals surface area contributed by atoms with Crippen LogP contribution >= 0.6 is 0 Å². The monoisotopic (exact) mass is 371 g/mol. The highest BCUT2D eigenvalue weighted by Gasteiger charge is 2.31. The van der Waals surface area contributed by atoms with Gasteiger partial charge in [0.1, 0.15) is 6.10 Å². The fourth-order valence-corrected chi connectivity index (χ4v) is 3.89. The smallest absolute Gasteiger partial charge is 0.345 e. The molecule has 1 unspecified atom stereocenters. The average molecular weight is 371 g/mol. The fourth-order valence-electron chi connectivity index (χ4n) is 3.89. The number of anilines is 1. The van der Waals surface area contributed by atoms with E-state index in [1.165, 1.54) is 15.9 Å². The van der Waals surface area contributed by atoms with Crippen molar-refractivity contribution in [3.63, 3.8) is 0 Å². The van der Waals surface area contributed by atoms with Crippen LogP contribution in [-0.4, -0.2) is 57.9 Å². The summed E-state index contributed by atoms with van der Waals surface area (Å²) in [5.41, 5.74) is 2.33. The maximum atomic E-state index is 12.8. The van der Waals surface area contributed by atoms with E-state index in [4.69, 9.17) is 4.74 Å². The summed E-state index contributed by atoms with van der Waals surface area (Å²) < 4.78 is 8.66. The lowest BCUT2D eigenvalue weighted by molar-refractivity contribution is -0.135. The Morgan fingerprint density at radius 2 is 1.93 bits per heavy atom. The Morgan fingerprint density at radius 3 is 2.67 bits per heavy atom. The van der Waals surface area contributed by atoms with Gasteiger partial charge in [-0.05, 0) is 18.6 Å². The molecule has 0 radical (unpaired) electrons. The van der Waals surface area contributed by atoms with Gasteiger partial charge in [0.25, 0.3) is 0 Å². The van der Waals surface area contributed by atoms with Gasteiger partial charge in [-0.2, -0.15) is 5.10 Å². The van der Waals surface area contributed by atoms with Crippen molar-refractivity contribution in [3.05, 3.63) is 46.1 Å². The topological polar surface area (TPSA) is 72.6 Å². The van der Waals surface area contributed by atoms with Crippen molar-refractivity contribution in [2.45, 2.75) is 26.0 Å². The van der Waals surface area contributed by atoms with Gasteiger partial charge in [-0.1, -0.05) is 18.2 Å². The molecule has 1 fully saturated rings. The highest BCUT2D eigenvalue weighted by atomic mass is 16.5. The van der Waals surface area contributed by atoms with Gasteiger partial charge in [0, 0.05) is 38.9 Å². The van der Waals surface area contributed by atoms with E-state index in [9.17, 15) is 9.59 Å². The minimum absolute atomic E-state index is 0.0518. The van der Waals surface area contributed by atoms with Gasteiger partial charge in [-0.25, -0.2) is 9.48 Å². The maximum Gasteiger partial charge on any atom is 0.345 e. The summed E-state index contributed by atoms with van der Waals surface area (Å²) in [6.45, 7) is 6.04. The average Bonchev–Trinajstić information content (AvgIpc) is 2.98. The number of fused-ring (bicyclic) bond motifs is 1. The summed E-state index contributed by atoms with van der Waals surface area (Å²) in [6, 6.07) is 8.33. The van der Waals surface area contributed by atoms with Gasteiger partial charge in [0.2, 0.25) is 5.91 Å². The minimum atomic E-state index is -0.449. The zero-order valence-corrected chi connectivity index (χ0v) is 15.8. The molecule has 2 aliphatic heterocycles. The van der Waals surface area contributed by atoms with Crippen LogP contribution in [0.4, 0.5) is 5.69 Å². The van der Waals surface area contributed by atoms with Gasteiger partial charge in [-0.15, -0.1) is 0 Å². The quantitative estimate of drug-likeness (QED) is 0.794. The van der Waals surface area contributed by atoms with Crippen LogP contribution < -0.4 is 10.6 Å². The second-order valence-corrected chi connectivity index (χ2v) is 7.13. The number of amides is 1. The van der Waals surface area contributed by atoms with E-state index in [0.717, 1.165) is 13.1 Å². The van der Waals surface area contributed by atoms with Gasteiger partial charge in [0.05, 0.1) is 19.6 Å². The Kier molecular flexibility index (Phi) is 4.73. The zero-order valence-electron chi connectivity index (χ0n) is 15.8. The normalized spacial score (nSPS) is 19.9. The van der Waals surface area contributed by atoms with Crippen LogP contribution in [0.5, 0.6) is 0 Å². The Labute approximate surface area is 157 Å². The van der Waals surface area contributed by atoms with E-state index in [-0.39, 0.29) is 18.0 Å². The van der Waals surface area contributed by atoms with Crippen LogP contribution in [-0.2, 0) is 23.1 Å². The van der Waals surface area contributed by atoms with Gasteiger partial charge < -0.3 is 14.5 Å². The van der Waals surface area contributed by atoms with E-state index < -0.39 is 6.10 Å². The van der Waals surface area contributed by atoms with E-state index in [1.807, 2.05) is 17.0 Å². The third-order valence-corrected chi connectivity index (χ3v) is 5.41. The zero-order chi connectivity index (χ0) is 19.0. The summed E-state index contributed by atoms with van der Waals surface area (Å²) in [5.74, 6) is 0.608. The highest BCUT2D eigenvalue weighted by Crippen LogP contribution is 2.25. The van der Waals surface area contributed by atoms with Crippen LogP contribution in [0.3, 0.4) is 0 Å². The molecule has 0 aliphatic carbocycles. The molecule has 4 rings (SSSR count). The largest absolute Gasteiger partial charge is 0.368 e. The molecule has 0 bridgehead atoms. The Bertz CT molecular complexity index is 895. The van der Waals surface area contributed by atoms with E-state index in [0.29, 0.717) is 32.1 Å². The van der Waals surface area contributed by atoms with Crippen molar-refractivity contribution in [3.8, 4) is 0 Å². The highest BCUT2D eigenvalue weighted by molar-refractivity contribution is 5.77. The summed E-state index contributed by atoms with van der Waals surface area (Å²) in [5, 5.41) is 4.25. The first-order valence-electron chi connectivity index (χ1n) is 9.38. The number of carbonyl (C=O) groups is 1. The first-order chi connectivity index (χ1) is 13.0. The molecule has 27 heavy (non-hydrogen) atoms. The summed E-state index contributed by atoms with van der Waals surface area (Å²) in [4.78, 5) is 29.0. The van der Waals surface area contributed by atoms with Crippen LogP contribution in [0.2, 0.25) is 0 Å². The Morgan fingerprint density at radius 1 is 1.19 bits per heavy atom. The number of piperazine rings is 1. The maximum absolute atomic E-state index is 12.8. The van der Waals surface area contributed by atoms with Gasteiger partial charge in [0.15, 0.2) is 5.82 Å². The molecule has 1 atom stereocenters. The summed E-state index contributed by atoms with van der Waals surface area (Å²) in [7, 11) is 1.62. The predicted octanol–water partition coefficient (Wildman–Crippen LogP) is 0.700. The SMILES string of the molecule is Cc1ccccc1N1CCN(C(=O)CC2OCCn3c2nn(C)c3=O)CC1. The number of aromatic nitrogens is 3. The molecule has 0 spiro atoms. The Hall–Kier alpha value is -2.61. The molecular formula is C19H25N5O3. The molecule has 144 valence electrons. The molecule has 1 saturated heterocycles. The second-order valence-electron chi connectivity index (χ2n) is 7.13. The van der Waals surface area contributed by atoms with Crippen LogP contribution in [0.1, 0.15) is 23.9 Å². The molecule has 2 aromatic rings. The van der Waals surface area contributed by atoms with Crippen LogP contribution in [0.15, 0.2) is 29.1 Å². The van der Waals surface area contributed by atoms with E-state index in [1.54, 1.807) is 11.6 Å². The van der Waals surface area contributed by atoms with Gasteiger partial charge >= 0.3 is 5.69 Å². The number of para-hydroxylation sites is 1.